The minimum atomic E-state index is -1.42. The first-order valence-corrected chi connectivity index (χ1v) is 16.0. The second-order valence-corrected chi connectivity index (χ2v) is 12.0. The van der Waals surface area contributed by atoms with E-state index in [0.717, 1.165) is 11.1 Å². The molecule has 0 saturated carbocycles. The van der Waals surface area contributed by atoms with E-state index in [1.54, 1.807) is 34.9 Å². The van der Waals surface area contributed by atoms with E-state index in [1.807, 2.05) is 85.3 Å². The molecule has 3 aliphatic rings. The molecule has 1 amide bonds. The number of aryl methyl sites for hydroxylation is 1. The van der Waals surface area contributed by atoms with Crippen LogP contribution in [0.25, 0.3) is 10.4 Å². The SMILES string of the molecule is C=[N+]1C=CC(COc2ccc3c(c2)Oc2cc(OCc4cc[n+](C)cc4)ccc2C32OC(=O)c3ccc(C(=O)NCCCN=[N+]=[N-])cc32)=C[CH-]1. The van der Waals surface area contributed by atoms with Gasteiger partial charge in [0.1, 0.15) is 36.7 Å². The molecule has 1 N–H and O–H groups in total. The molecule has 4 aromatic rings. The molecular formula is C38H33N6O6+. The highest BCUT2D eigenvalue weighted by Gasteiger charge is 2.54. The monoisotopic (exact) mass is 669 g/mol. The van der Waals surface area contributed by atoms with Gasteiger partial charge in [0.25, 0.3) is 5.91 Å². The molecule has 12 nitrogen and oxygen atoms in total. The van der Waals surface area contributed by atoms with Crippen molar-refractivity contribution in [2.75, 3.05) is 19.7 Å². The lowest BCUT2D eigenvalue weighted by Gasteiger charge is -2.37. The van der Waals surface area contributed by atoms with Gasteiger partial charge in [0, 0.05) is 70.1 Å². The van der Waals surface area contributed by atoms with Gasteiger partial charge < -0.3 is 28.8 Å². The molecule has 0 fully saturated rings. The van der Waals surface area contributed by atoms with Gasteiger partial charge in [-0.2, -0.15) is 0 Å². The molecule has 0 bridgehead atoms. The van der Waals surface area contributed by atoms with Gasteiger partial charge in [0.05, 0.1) is 31.6 Å². The number of rotatable bonds is 11. The van der Waals surface area contributed by atoms with E-state index in [1.165, 1.54) is 0 Å². The number of hydrogen-bond acceptors (Lipinski definition) is 7. The van der Waals surface area contributed by atoms with Crippen molar-refractivity contribution in [2.24, 2.45) is 12.2 Å². The van der Waals surface area contributed by atoms with Crippen LogP contribution >= 0.6 is 0 Å². The molecule has 1 atom stereocenters. The molecule has 7 rings (SSSR count). The molecule has 1 spiro atoms. The van der Waals surface area contributed by atoms with Gasteiger partial charge in [0.2, 0.25) is 0 Å². The Morgan fingerprint density at radius 3 is 2.40 bits per heavy atom. The largest absolute Gasteiger partial charge is 0.498 e. The van der Waals surface area contributed by atoms with E-state index in [0.29, 0.717) is 77.0 Å². The smallest absolute Gasteiger partial charge is 0.340 e. The molecule has 0 aliphatic carbocycles. The van der Waals surface area contributed by atoms with Crippen molar-refractivity contribution in [1.29, 1.82) is 0 Å². The number of fused-ring (bicyclic) bond motifs is 6. The number of hydrogen-bond donors (Lipinski definition) is 1. The van der Waals surface area contributed by atoms with Crippen molar-refractivity contribution < 1.29 is 37.7 Å². The van der Waals surface area contributed by atoms with Gasteiger partial charge in [-0.25, -0.2) is 9.36 Å². The number of aromatic nitrogens is 1. The van der Waals surface area contributed by atoms with Crippen molar-refractivity contribution in [3.63, 3.8) is 0 Å². The average molecular weight is 670 g/mol. The number of azide groups is 1. The maximum atomic E-state index is 13.6. The molecule has 3 aliphatic heterocycles. The Hall–Kier alpha value is -6.52. The Morgan fingerprint density at radius 1 is 1.00 bits per heavy atom. The number of esters is 1. The third-order valence-electron chi connectivity index (χ3n) is 8.61. The first-order valence-electron chi connectivity index (χ1n) is 16.0. The van der Waals surface area contributed by atoms with Crippen LogP contribution in [-0.2, 0) is 24.0 Å². The fourth-order valence-electron chi connectivity index (χ4n) is 6.05. The van der Waals surface area contributed by atoms with Gasteiger partial charge in [0.15, 0.2) is 18.0 Å². The molecule has 250 valence electrons. The summed E-state index contributed by atoms with van der Waals surface area (Å²) in [5.41, 5.74) is 11.4. The number of benzene rings is 3. The van der Waals surface area contributed by atoms with E-state index >= 15 is 0 Å². The van der Waals surface area contributed by atoms with Gasteiger partial charge in [-0.1, -0.05) is 22.8 Å². The van der Waals surface area contributed by atoms with E-state index in [2.05, 4.69) is 22.1 Å². The summed E-state index contributed by atoms with van der Waals surface area (Å²) >= 11 is 0. The molecule has 3 aromatic carbocycles. The minimum absolute atomic E-state index is 0.267. The van der Waals surface area contributed by atoms with Crippen LogP contribution in [-0.4, -0.2) is 42.9 Å². The van der Waals surface area contributed by atoms with Crippen molar-refractivity contribution in [3.05, 3.63) is 153 Å². The first kappa shape index (κ1) is 32.0. The summed E-state index contributed by atoms with van der Waals surface area (Å²) in [6.07, 6.45) is 10.1. The molecule has 1 unspecified atom stereocenters. The highest BCUT2D eigenvalue weighted by Crippen LogP contribution is 2.57. The number of nitrogens with zero attached hydrogens (tertiary/aromatic N) is 5. The zero-order chi connectivity index (χ0) is 34.7. The van der Waals surface area contributed by atoms with Crippen LogP contribution in [0, 0.1) is 6.54 Å². The number of amides is 1. The lowest BCUT2D eigenvalue weighted by atomic mass is 9.77. The lowest BCUT2D eigenvalue weighted by molar-refractivity contribution is -0.671. The summed E-state index contributed by atoms with van der Waals surface area (Å²) in [6, 6.07) is 19.7. The summed E-state index contributed by atoms with van der Waals surface area (Å²) < 4.78 is 28.8. The molecular weight excluding hydrogens is 636 g/mol. The summed E-state index contributed by atoms with van der Waals surface area (Å²) in [5.74, 6) is 1.13. The lowest BCUT2D eigenvalue weighted by Crippen LogP contribution is -2.33. The van der Waals surface area contributed by atoms with E-state index in [-0.39, 0.29) is 12.5 Å². The zero-order valence-corrected chi connectivity index (χ0v) is 27.2. The minimum Gasteiger partial charge on any atom is -0.498 e. The standard InChI is InChI=1S/C38H32N6O6/c1-43-16-10-25(11-17-43)23-47-28-5-8-31-34(21-28)49-35-22-29(48-24-26-12-18-44(2)19-13-26)6-9-32(35)38(31)33-20-27(4-7-30(33)37(46)50-38)36(45)40-14-3-15-41-42-39/h4-13,16-22H,1,3,14-15,23-24H2,2H3/p+1. The number of carbonyl (C=O) groups is 2. The maximum absolute atomic E-state index is 13.6. The molecule has 12 heteroatoms. The summed E-state index contributed by atoms with van der Waals surface area (Å²) in [5, 5.41) is 6.36. The van der Waals surface area contributed by atoms with Gasteiger partial charge in [-0.05, 0) is 54.4 Å². The highest BCUT2D eigenvalue weighted by atomic mass is 16.6. The molecule has 0 saturated heterocycles. The Bertz CT molecular complexity index is 2140. The Labute approximate surface area is 288 Å². The second kappa shape index (κ2) is 13.5. The quantitative estimate of drug-likeness (QED) is 0.0408. The Balaban J connectivity index is 1.25. The zero-order valence-electron chi connectivity index (χ0n) is 27.2. The van der Waals surface area contributed by atoms with Crippen LogP contribution in [0.2, 0.25) is 0 Å². The van der Waals surface area contributed by atoms with Gasteiger partial charge in [-0.3, -0.25) is 4.79 Å². The summed E-state index contributed by atoms with van der Waals surface area (Å²) in [4.78, 5) is 29.5. The summed E-state index contributed by atoms with van der Waals surface area (Å²) in [6.45, 7) is 6.94. The van der Waals surface area contributed by atoms with Crippen LogP contribution in [0.15, 0.2) is 108 Å². The molecule has 4 heterocycles. The van der Waals surface area contributed by atoms with E-state index in [9.17, 15) is 9.59 Å². The van der Waals surface area contributed by atoms with Crippen LogP contribution in [0.4, 0.5) is 0 Å². The number of ether oxygens (including phenoxy) is 4. The third kappa shape index (κ3) is 6.23. The number of nitrogens with one attached hydrogen (secondary N) is 1. The normalized spacial score (nSPS) is 16.5. The Kier molecular flexibility index (Phi) is 8.68. The third-order valence-corrected chi connectivity index (χ3v) is 8.61. The van der Waals surface area contributed by atoms with Gasteiger partial charge >= 0.3 is 5.97 Å². The van der Waals surface area contributed by atoms with E-state index in [4.69, 9.17) is 24.5 Å². The average Bonchev–Trinajstić information content (AvgIpc) is 3.42. The van der Waals surface area contributed by atoms with Crippen molar-refractivity contribution in [2.45, 2.75) is 18.6 Å². The topological polar surface area (TPSA) is 139 Å². The first-order chi connectivity index (χ1) is 24.3. The Morgan fingerprint density at radius 2 is 1.72 bits per heavy atom. The fourth-order valence-corrected chi connectivity index (χ4v) is 6.05. The van der Waals surface area contributed by atoms with Crippen molar-refractivity contribution in [1.82, 2.24) is 5.32 Å². The van der Waals surface area contributed by atoms with Crippen LogP contribution in [0.5, 0.6) is 23.0 Å². The molecule has 0 radical (unpaired) electrons. The van der Waals surface area contributed by atoms with Crippen LogP contribution in [0.1, 0.15) is 49.4 Å². The predicted molar refractivity (Wildman–Crippen MR) is 182 cm³/mol. The molecule has 1 aromatic heterocycles. The summed E-state index contributed by atoms with van der Waals surface area (Å²) in [7, 11) is 1.95. The fraction of sp³-hybridized carbons (Fsp3) is 0.184. The van der Waals surface area contributed by atoms with Crippen molar-refractivity contribution >= 4 is 18.6 Å². The number of pyridine rings is 1. The van der Waals surface area contributed by atoms with Gasteiger partial charge in [-0.15, -0.1) is 0 Å². The van der Waals surface area contributed by atoms with Crippen molar-refractivity contribution in [3.8, 4) is 23.0 Å². The maximum Gasteiger partial charge on any atom is 0.340 e. The number of carbonyl (C=O) groups excluding carboxylic acids is 2. The molecule has 50 heavy (non-hydrogen) atoms. The van der Waals surface area contributed by atoms with Crippen LogP contribution < -0.4 is 24.1 Å². The second-order valence-electron chi connectivity index (χ2n) is 12.0. The highest BCUT2D eigenvalue weighted by molar-refractivity contribution is 6.00. The van der Waals surface area contributed by atoms with E-state index < -0.39 is 11.6 Å². The van der Waals surface area contributed by atoms with Crippen LogP contribution in [0.3, 0.4) is 0 Å². The predicted octanol–water partition coefficient (Wildman–Crippen LogP) is 5.80.